The maximum absolute atomic E-state index is 9.19. The number of aliphatic hydroxyl groups excluding tert-OH is 1. The molecule has 0 radical (unpaired) electrons. The van der Waals surface area contributed by atoms with E-state index in [4.69, 9.17) is 0 Å². The van der Waals surface area contributed by atoms with E-state index in [1.807, 2.05) is 23.9 Å². The summed E-state index contributed by atoms with van der Waals surface area (Å²) in [5.74, 6) is 2.24. The Morgan fingerprint density at radius 1 is 1.10 bits per heavy atom. The zero-order valence-electron chi connectivity index (χ0n) is 11.4. The molecule has 0 amide bonds. The molecule has 2 aromatic rings. The summed E-state index contributed by atoms with van der Waals surface area (Å²) in [5, 5.41) is 12.8. The number of hydrogen-bond donors (Lipinski definition) is 2. The van der Waals surface area contributed by atoms with Crippen LogP contribution in [0.15, 0.2) is 48.5 Å². The van der Waals surface area contributed by atoms with Crippen LogP contribution in [-0.4, -0.2) is 10.9 Å². The zero-order chi connectivity index (χ0) is 13.8. The van der Waals surface area contributed by atoms with Crippen molar-refractivity contribution in [3.63, 3.8) is 0 Å². The van der Waals surface area contributed by atoms with Crippen LogP contribution in [0.25, 0.3) is 0 Å². The average Bonchev–Trinajstić information content (AvgIpc) is 2.53. The van der Waals surface area contributed by atoms with Gasteiger partial charge in [0.2, 0.25) is 0 Å². The maximum Gasteiger partial charge on any atom is 0.0681 e. The van der Waals surface area contributed by atoms with Crippen LogP contribution in [0.1, 0.15) is 28.3 Å². The number of thioether (sulfide) groups is 1. The highest BCUT2D eigenvalue weighted by atomic mass is 32.2. The van der Waals surface area contributed by atoms with Gasteiger partial charge >= 0.3 is 0 Å². The average molecular weight is 285 g/mol. The molecule has 0 spiro atoms. The second-order valence-corrected chi connectivity index (χ2v) is 6.16. The third-order valence-corrected chi connectivity index (χ3v) is 4.78. The minimum atomic E-state index is 0.107. The zero-order valence-corrected chi connectivity index (χ0v) is 12.2. The SMILES string of the molecule is OCc1cccc(CNC2CSCc3ccccc32)c1. The molecule has 0 fully saturated rings. The third-order valence-electron chi connectivity index (χ3n) is 3.70. The molecule has 3 heteroatoms. The molecule has 3 rings (SSSR count). The van der Waals surface area contributed by atoms with Crippen LogP contribution >= 0.6 is 11.8 Å². The van der Waals surface area contributed by atoms with Crippen LogP contribution in [0.4, 0.5) is 0 Å². The molecule has 0 aliphatic carbocycles. The lowest BCUT2D eigenvalue weighted by Gasteiger charge is -2.26. The lowest BCUT2D eigenvalue weighted by Crippen LogP contribution is -2.26. The van der Waals surface area contributed by atoms with Crippen molar-refractivity contribution in [2.75, 3.05) is 5.75 Å². The van der Waals surface area contributed by atoms with Crippen LogP contribution in [0.3, 0.4) is 0 Å². The van der Waals surface area contributed by atoms with Gasteiger partial charge in [-0.2, -0.15) is 11.8 Å². The molecule has 1 aliphatic rings. The molecular formula is C17H19NOS. The van der Waals surface area contributed by atoms with Gasteiger partial charge in [0.05, 0.1) is 6.61 Å². The molecule has 20 heavy (non-hydrogen) atoms. The van der Waals surface area contributed by atoms with Crippen molar-refractivity contribution in [3.8, 4) is 0 Å². The van der Waals surface area contributed by atoms with Crippen LogP contribution in [0, 0.1) is 0 Å². The van der Waals surface area contributed by atoms with Crippen LogP contribution < -0.4 is 5.32 Å². The molecule has 0 saturated heterocycles. The molecule has 0 saturated carbocycles. The minimum Gasteiger partial charge on any atom is -0.392 e. The number of benzene rings is 2. The van der Waals surface area contributed by atoms with Crippen LogP contribution in [0.5, 0.6) is 0 Å². The molecule has 2 N–H and O–H groups in total. The van der Waals surface area contributed by atoms with Gasteiger partial charge < -0.3 is 10.4 Å². The van der Waals surface area contributed by atoms with Gasteiger partial charge in [-0.3, -0.25) is 0 Å². The molecule has 0 aromatic heterocycles. The van der Waals surface area contributed by atoms with Gasteiger partial charge in [-0.15, -0.1) is 0 Å². The summed E-state index contributed by atoms with van der Waals surface area (Å²) in [5.41, 5.74) is 5.09. The first-order chi connectivity index (χ1) is 9.86. The van der Waals surface area contributed by atoms with Gasteiger partial charge in [0, 0.05) is 24.1 Å². The fourth-order valence-corrected chi connectivity index (χ4v) is 3.76. The Morgan fingerprint density at radius 3 is 2.85 bits per heavy atom. The molecule has 1 unspecified atom stereocenters. The van der Waals surface area contributed by atoms with E-state index in [9.17, 15) is 5.11 Å². The Balaban J connectivity index is 1.70. The summed E-state index contributed by atoms with van der Waals surface area (Å²) >= 11 is 1.99. The molecule has 104 valence electrons. The lowest BCUT2D eigenvalue weighted by atomic mass is 10.0. The monoisotopic (exact) mass is 285 g/mol. The first-order valence-electron chi connectivity index (χ1n) is 6.94. The quantitative estimate of drug-likeness (QED) is 0.904. The van der Waals surface area contributed by atoms with E-state index in [2.05, 4.69) is 41.7 Å². The predicted octanol–water partition coefficient (Wildman–Crippen LogP) is 3.26. The van der Waals surface area contributed by atoms with E-state index in [-0.39, 0.29) is 6.61 Å². The first kappa shape index (κ1) is 13.7. The fourth-order valence-electron chi connectivity index (χ4n) is 2.63. The highest BCUT2D eigenvalue weighted by Gasteiger charge is 2.19. The van der Waals surface area contributed by atoms with Gasteiger partial charge in [0.25, 0.3) is 0 Å². The van der Waals surface area contributed by atoms with Crippen molar-refractivity contribution >= 4 is 11.8 Å². The number of fused-ring (bicyclic) bond motifs is 1. The number of hydrogen-bond acceptors (Lipinski definition) is 3. The van der Waals surface area contributed by atoms with Crippen LogP contribution in [-0.2, 0) is 18.9 Å². The molecule has 1 aliphatic heterocycles. The smallest absolute Gasteiger partial charge is 0.0681 e. The van der Waals surface area contributed by atoms with Crippen molar-refractivity contribution in [2.45, 2.75) is 24.9 Å². The van der Waals surface area contributed by atoms with E-state index < -0.39 is 0 Å². The summed E-state index contributed by atoms with van der Waals surface area (Å²) in [6.45, 7) is 0.948. The Labute approximate surface area is 124 Å². The minimum absolute atomic E-state index is 0.107. The van der Waals surface area contributed by atoms with E-state index in [1.165, 1.54) is 16.7 Å². The van der Waals surface area contributed by atoms with Gasteiger partial charge in [0.15, 0.2) is 0 Å². The summed E-state index contributed by atoms with van der Waals surface area (Å²) in [6.07, 6.45) is 0. The summed E-state index contributed by atoms with van der Waals surface area (Å²) in [4.78, 5) is 0. The highest BCUT2D eigenvalue weighted by Crippen LogP contribution is 2.31. The molecule has 0 bridgehead atoms. The normalized spacial score (nSPS) is 17.8. The summed E-state index contributed by atoms with van der Waals surface area (Å²) in [7, 11) is 0. The second-order valence-electron chi connectivity index (χ2n) is 5.13. The molecule has 1 heterocycles. The van der Waals surface area contributed by atoms with Gasteiger partial charge in [-0.1, -0.05) is 48.5 Å². The maximum atomic E-state index is 9.19. The molecule has 2 aromatic carbocycles. The standard InChI is InChI=1S/C17H19NOS/c19-10-14-5-3-4-13(8-14)9-18-17-12-20-11-15-6-1-2-7-16(15)17/h1-8,17-19H,9-12H2. The van der Waals surface area contributed by atoms with Crippen molar-refractivity contribution in [1.82, 2.24) is 5.32 Å². The molecular weight excluding hydrogens is 266 g/mol. The van der Waals surface area contributed by atoms with Crippen molar-refractivity contribution in [3.05, 3.63) is 70.8 Å². The number of nitrogens with one attached hydrogen (secondary N) is 1. The Morgan fingerprint density at radius 2 is 1.95 bits per heavy atom. The Bertz CT molecular complexity index is 585. The van der Waals surface area contributed by atoms with Crippen molar-refractivity contribution in [1.29, 1.82) is 0 Å². The van der Waals surface area contributed by atoms with Gasteiger partial charge in [-0.25, -0.2) is 0 Å². The Kier molecular flexibility index (Phi) is 4.41. The van der Waals surface area contributed by atoms with E-state index in [0.29, 0.717) is 6.04 Å². The summed E-state index contributed by atoms with van der Waals surface area (Å²) < 4.78 is 0. The van der Waals surface area contributed by atoms with Crippen LogP contribution in [0.2, 0.25) is 0 Å². The highest BCUT2D eigenvalue weighted by molar-refractivity contribution is 7.98. The van der Waals surface area contributed by atoms with E-state index in [1.54, 1.807) is 0 Å². The molecule has 2 nitrogen and oxygen atoms in total. The first-order valence-corrected chi connectivity index (χ1v) is 8.10. The summed E-state index contributed by atoms with van der Waals surface area (Å²) in [6, 6.07) is 17.2. The number of aliphatic hydroxyl groups is 1. The van der Waals surface area contributed by atoms with Gasteiger partial charge in [0.1, 0.15) is 0 Å². The number of rotatable bonds is 4. The topological polar surface area (TPSA) is 32.3 Å². The van der Waals surface area contributed by atoms with E-state index in [0.717, 1.165) is 23.6 Å². The fraction of sp³-hybridized carbons (Fsp3) is 0.294. The predicted molar refractivity (Wildman–Crippen MR) is 84.5 cm³/mol. The molecule has 1 atom stereocenters. The third kappa shape index (κ3) is 3.06. The van der Waals surface area contributed by atoms with Gasteiger partial charge in [-0.05, 0) is 22.3 Å². The van der Waals surface area contributed by atoms with E-state index >= 15 is 0 Å². The largest absolute Gasteiger partial charge is 0.392 e. The Hall–Kier alpha value is -1.29. The lowest BCUT2D eigenvalue weighted by molar-refractivity contribution is 0.281. The van der Waals surface area contributed by atoms with Crippen molar-refractivity contribution in [2.24, 2.45) is 0 Å². The second kappa shape index (κ2) is 6.44. The van der Waals surface area contributed by atoms with Crippen molar-refractivity contribution < 1.29 is 5.11 Å².